The van der Waals surface area contributed by atoms with Crippen LogP contribution in [0.5, 0.6) is 5.75 Å². The molecule has 0 radical (unpaired) electrons. The molecule has 0 saturated carbocycles. The number of phenols is 1. The normalized spacial score (nSPS) is 13.1. The highest BCUT2D eigenvalue weighted by molar-refractivity contribution is 5.88. The lowest BCUT2D eigenvalue weighted by Gasteiger charge is -2.31. The minimum absolute atomic E-state index is 0.0934. The number of hydrogen-bond donors (Lipinski definition) is 2. The molecule has 29 heavy (non-hydrogen) atoms. The molecule has 0 aromatic heterocycles. The van der Waals surface area contributed by atoms with E-state index < -0.39 is 0 Å². The van der Waals surface area contributed by atoms with E-state index in [0.717, 1.165) is 16.9 Å². The van der Waals surface area contributed by atoms with Crippen LogP contribution in [0.2, 0.25) is 0 Å². The predicted molar refractivity (Wildman–Crippen MR) is 115 cm³/mol. The number of hydrogen-bond acceptors (Lipinski definition) is 6. The molecule has 0 saturated heterocycles. The summed E-state index contributed by atoms with van der Waals surface area (Å²) >= 11 is 0. The van der Waals surface area contributed by atoms with Gasteiger partial charge in [0.1, 0.15) is 17.7 Å². The average molecular weight is 396 g/mol. The van der Waals surface area contributed by atoms with Crippen molar-refractivity contribution in [2.45, 2.75) is 39.2 Å². The highest BCUT2D eigenvalue weighted by Gasteiger charge is 2.29. The molecule has 7 heteroatoms. The first-order chi connectivity index (χ1) is 13.6. The molecular weight excluding hydrogens is 368 g/mol. The number of aromatic hydroxyl groups is 1. The van der Waals surface area contributed by atoms with Crippen LogP contribution < -0.4 is 15.6 Å². The Morgan fingerprint density at radius 3 is 2.52 bits per heavy atom. The maximum Gasteiger partial charge on any atom is 0.229 e. The number of amides is 1. The van der Waals surface area contributed by atoms with Crippen LogP contribution in [0, 0.1) is 0 Å². The van der Waals surface area contributed by atoms with Gasteiger partial charge in [0.05, 0.1) is 17.8 Å². The van der Waals surface area contributed by atoms with E-state index in [1.165, 1.54) is 4.90 Å². The van der Waals surface area contributed by atoms with E-state index in [1.54, 1.807) is 12.2 Å². The number of nitrogens with one attached hydrogen (secondary N) is 1. The number of anilines is 3. The fourth-order valence-corrected chi connectivity index (χ4v) is 3.33. The lowest BCUT2D eigenvalue weighted by atomic mass is 9.85. The van der Waals surface area contributed by atoms with Gasteiger partial charge in [-0.2, -0.15) is 5.12 Å². The molecule has 0 fully saturated rings. The van der Waals surface area contributed by atoms with Crippen molar-refractivity contribution in [2.75, 3.05) is 29.6 Å². The molecule has 3 rings (SSSR count). The zero-order valence-corrected chi connectivity index (χ0v) is 17.6. The minimum Gasteiger partial charge on any atom is -0.505 e. The number of fused-ring (bicyclic) bond motifs is 1. The molecule has 0 aliphatic carbocycles. The van der Waals surface area contributed by atoms with E-state index in [1.807, 2.05) is 48.5 Å². The van der Waals surface area contributed by atoms with Crippen LogP contribution in [0.3, 0.4) is 0 Å². The minimum atomic E-state index is -0.286. The number of rotatable bonds is 5. The van der Waals surface area contributed by atoms with E-state index in [2.05, 4.69) is 26.2 Å². The smallest absolute Gasteiger partial charge is 0.229 e. The quantitative estimate of drug-likeness (QED) is 0.596. The van der Waals surface area contributed by atoms with Crippen molar-refractivity contribution < 1.29 is 14.7 Å². The Morgan fingerprint density at radius 1 is 1.21 bits per heavy atom. The molecule has 2 aromatic rings. The maximum atomic E-state index is 12.1. The number of phenolic OH excluding ortho intramolecular Hbond substituents is 1. The van der Waals surface area contributed by atoms with Crippen molar-refractivity contribution in [3.8, 4) is 5.75 Å². The molecule has 0 spiro atoms. The fraction of sp³-hybridized carbons (Fsp3) is 0.364. The predicted octanol–water partition coefficient (Wildman–Crippen LogP) is 3.44. The Hall–Kier alpha value is -3.22. The molecule has 1 amide bonds. The van der Waals surface area contributed by atoms with Crippen LogP contribution in [0.25, 0.3) is 0 Å². The Kier molecular flexibility index (Phi) is 5.42. The summed E-state index contributed by atoms with van der Waals surface area (Å²) in [5.74, 6) is -0.193. The van der Waals surface area contributed by atoms with Gasteiger partial charge in [-0.05, 0) is 35.2 Å². The molecule has 2 N–H and O–H groups in total. The summed E-state index contributed by atoms with van der Waals surface area (Å²) in [6, 6.07) is 11.8. The van der Waals surface area contributed by atoms with Crippen molar-refractivity contribution in [2.24, 2.45) is 0 Å². The monoisotopic (exact) mass is 396 g/mol. The van der Waals surface area contributed by atoms with Crippen LogP contribution in [0.1, 0.15) is 38.3 Å². The van der Waals surface area contributed by atoms with Gasteiger partial charge in [-0.3, -0.25) is 15.2 Å². The van der Waals surface area contributed by atoms with Crippen molar-refractivity contribution in [1.82, 2.24) is 4.90 Å². The van der Waals surface area contributed by atoms with Gasteiger partial charge in [0, 0.05) is 26.2 Å². The van der Waals surface area contributed by atoms with E-state index in [4.69, 9.17) is 0 Å². The first-order valence-electron chi connectivity index (χ1n) is 9.57. The average Bonchev–Trinajstić information content (AvgIpc) is 2.99. The summed E-state index contributed by atoms with van der Waals surface area (Å²) in [5, 5.41) is 14.8. The molecule has 1 aliphatic heterocycles. The first-order valence-corrected chi connectivity index (χ1v) is 9.57. The van der Waals surface area contributed by atoms with Gasteiger partial charge in [-0.1, -0.05) is 32.9 Å². The van der Waals surface area contributed by atoms with Gasteiger partial charge in [0.2, 0.25) is 5.91 Å². The Bertz CT molecular complexity index is 936. The lowest BCUT2D eigenvalue weighted by molar-refractivity contribution is -0.132. The van der Waals surface area contributed by atoms with E-state index >= 15 is 0 Å². The number of hydrazine groups is 2. The summed E-state index contributed by atoms with van der Waals surface area (Å²) in [7, 11) is 3.55. The highest BCUT2D eigenvalue weighted by atomic mass is 16.3. The summed E-state index contributed by atoms with van der Waals surface area (Å²) in [6.07, 6.45) is 0.421. The van der Waals surface area contributed by atoms with Gasteiger partial charge >= 0.3 is 0 Å². The summed E-state index contributed by atoms with van der Waals surface area (Å²) < 4.78 is 0. The maximum absolute atomic E-state index is 12.1. The molecular formula is C22H28N4O3. The number of nitrogens with zero attached hydrogens (tertiary/aromatic N) is 3. The zero-order valence-electron chi connectivity index (χ0n) is 17.6. The second-order valence-corrected chi connectivity index (χ2v) is 8.34. The molecule has 1 heterocycles. The summed E-state index contributed by atoms with van der Waals surface area (Å²) in [6.45, 7) is 6.51. The van der Waals surface area contributed by atoms with Crippen LogP contribution in [0.4, 0.5) is 17.1 Å². The van der Waals surface area contributed by atoms with Crippen LogP contribution in [-0.4, -0.2) is 36.3 Å². The third kappa shape index (κ3) is 3.99. The first kappa shape index (κ1) is 20.5. The van der Waals surface area contributed by atoms with Crippen molar-refractivity contribution in [3.63, 3.8) is 0 Å². The SMILES string of the molecule is CN(Cc1cc(C(C)(C)C)cc(N2Nc3ccccc3N2C)c1O)C(=O)CC=O. The number of aldehydes is 1. The fourth-order valence-electron chi connectivity index (χ4n) is 3.33. The van der Waals surface area contributed by atoms with Gasteiger partial charge in [-0.15, -0.1) is 0 Å². The van der Waals surface area contributed by atoms with Gasteiger partial charge in [-0.25, -0.2) is 0 Å². The van der Waals surface area contributed by atoms with Gasteiger partial charge in [0.25, 0.3) is 0 Å². The van der Waals surface area contributed by atoms with Crippen LogP contribution in [0.15, 0.2) is 36.4 Å². The number of para-hydroxylation sites is 2. The van der Waals surface area contributed by atoms with Gasteiger partial charge in [0.15, 0.2) is 0 Å². The number of carbonyl (C=O) groups excluding carboxylic acids is 2. The Labute approximate surface area is 171 Å². The zero-order chi connectivity index (χ0) is 21.3. The van der Waals surface area contributed by atoms with E-state index in [9.17, 15) is 14.7 Å². The Morgan fingerprint density at radius 2 is 1.90 bits per heavy atom. The lowest BCUT2D eigenvalue weighted by Crippen LogP contribution is -2.39. The molecule has 0 bridgehead atoms. The third-order valence-electron chi connectivity index (χ3n) is 5.13. The number of carbonyl (C=O) groups is 2. The van der Waals surface area contributed by atoms with Crippen LogP contribution in [-0.2, 0) is 21.5 Å². The topological polar surface area (TPSA) is 76.1 Å². The Balaban J connectivity index is 2.03. The van der Waals surface area contributed by atoms with Crippen LogP contribution >= 0.6 is 0 Å². The largest absolute Gasteiger partial charge is 0.505 e. The standard InChI is InChI=1S/C22H28N4O3/c1-22(2,3)16-12-15(14-24(4)20(28)10-11-27)21(29)19(13-16)26-23-17-8-6-7-9-18(17)25(26)5/h6-9,11-13,23,29H,10,14H2,1-5H3. The van der Waals surface area contributed by atoms with Crippen molar-refractivity contribution >= 4 is 29.3 Å². The van der Waals surface area contributed by atoms with Crippen molar-refractivity contribution in [3.05, 3.63) is 47.5 Å². The molecule has 154 valence electrons. The second-order valence-electron chi connectivity index (χ2n) is 8.34. The molecule has 1 aliphatic rings. The molecule has 2 aromatic carbocycles. The van der Waals surface area contributed by atoms with Gasteiger partial charge < -0.3 is 14.8 Å². The third-order valence-corrected chi connectivity index (χ3v) is 5.13. The molecule has 7 nitrogen and oxygen atoms in total. The van der Waals surface area contributed by atoms with Crippen molar-refractivity contribution in [1.29, 1.82) is 0 Å². The number of benzene rings is 2. The second kappa shape index (κ2) is 7.66. The van der Waals surface area contributed by atoms with E-state index in [0.29, 0.717) is 17.5 Å². The summed E-state index contributed by atoms with van der Waals surface area (Å²) in [4.78, 5) is 24.2. The summed E-state index contributed by atoms with van der Waals surface area (Å²) in [5.41, 5.74) is 7.35. The molecule has 0 unspecified atom stereocenters. The van der Waals surface area contributed by atoms with E-state index in [-0.39, 0.29) is 30.0 Å². The molecule has 0 atom stereocenters. The highest BCUT2D eigenvalue weighted by Crippen LogP contribution is 2.42.